The van der Waals surface area contributed by atoms with Crippen LogP contribution in [0.2, 0.25) is 0 Å². The predicted octanol–water partition coefficient (Wildman–Crippen LogP) is 4.48. The Balaban J connectivity index is 0.000000297. The van der Waals surface area contributed by atoms with Gasteiger partial charge in [-0.25, -0.2) is 0 Å². The molecule has 1 aliphatic rings. The number of esters is 3. The molecule has 4 rings (SSSR count). The zero-order valence-electron chi connectivity index (χ0n) is 23.1. The Morgan fingerprint density at radius 3 is 1.60 bits per heavy atom. The molecule has 0 bridgehead atoms. The number of carboxylic acids is 1. The number of benzene rings is 3. The predicted molar refractivity (Wildman–Crippen MR) is 151 cm³/mol. The van der Waals surface area contributed by atoms with Crippen molar-refractivity contribution >= 4 is 23.9 Å². The van der Waals surface area contributed by atoms with Gasteiger partial charge in [0.2, 0.25) is 0 Å². The first-order valence-corrected chi connectivity index (χ1v) is 12.9. The number of aliphatic carboxylic acids is 1. The monoisotopic (exact) mass is 550 g/mol. The fourth-order valence-electron chi connectivity index (χ4n) is 3.88. The Labute approximate surface area is 235 Å². The van der Waals surface area contributed by atoms with Crippen LogP contribution >= 0.6 is 0 Å². The lowest BCUT2D eigenvalue weighted by Gasteiger charge is -2.08. The number of carboxylic acid groups (broad SMARTS) is 1. The summed E-state index contributed by atoms with van der Waals surface area (Å²) in [6, 6.07) is 29.2. The maximum Gasteiger partial charge on any atom is 0.317 e. The Morgan fingerprint density at radius 1 is 0.800 bits per heavy atom. The smallest absolute Gasteiger partial charge is 0.317 e. The second-order valence-corrected chi connectivity index (χ2v) is 9.43. The van der Waals surface area contributed by atoms with Crippen molar-refractivity contribution < 1.29 is 39.2 Å². The van der Waals surface area contributed by atoms with E-state index in [9.17, 15) is 19.2 Å². The molecule has 0 saturated carbocycles. The van der Waals surface area contributed by atoms with E-state index in [1.165, 1.54) is 12.7 Å². The normalized spacial score (nSPS) is 15.0. The van der Waals surface area contributed by atoms with Gasteiger partial charge in [-0.15, -0.1) is 0 Å². The van der Waals surface area contributed by atoms with E-state index < -0.39 is 11.9 Å². The molecule has 40 heavy (non-hydrogen) atoms. The number of cyclic esters (lactones) is 2. The summed E-state index contributed by atoms with van der Waals surface area (Å²) in [5.41, 5.74) is 3.30. The van der Waals surface area contributed by atoms with E-state index in [0.717, 1.165) is 17.5 Å². The van der Waals surface area contributed by atoms with Crippen molar-refractivity contribution in [2.45, 2.75) is 39.5 Å². The van der Waals surface area contributed by atoms with E-state index in [4.69, 9.17) is 5.11 Å². The van der Waals surface area contributed by atoms with E-state index in [1.807, 2.05) is 97.9 Å². The summed E-state index contributed by atoms with van der Waals surface area (Å²) < 4.78 is 9.11. The first-order chi connectivity index (χ1) is 18.7. The second-order valence-electron chi connectivity index (χ2n) is 9.43. The van der Waals surface area contributed by atoms with Crippen LogP contribution in [0.1, 0.15) is 37.0 Å². The summed E-state index contributed by atoms with van der Waals surface area (Å²) in [7, 11) is 1.42. The molecule has 1 fully saturated rings. The van der Waals surface area contributed by atoms with E-state index in [0.29, 0.717) is 12.8 Å². The number of methoxy groups -OCH3 is 1. The van der Waals surface area contributed by atoms with Gasteiger partial charge in [0, 0.05) is 0 Å². The standard InChI is InChI=1S/C11H10O3.C11H14O2.C10H12O2.H2O/c12-10-7-9(11(13)14-10)6-8-4-2-1-3-5-8;1-9(11(12)13-2)8-10-6-4-3-5-7-10;1-8(10(11)12)7-9-5-3-2-4-6-9;/h1-5,9H,6-7H2;3-7,9H,8H2,1-2H3;2-6,8H,7H2,1H3,(H,11,12);1H2. The van der Waals surface area contributed by atoms with Crippen molar-refractivity contribution in [1.82, 2.24) is 0 Å². The Bertz CT molecular complexity index is 1180. The molecule has 3 atom stereocenters. The lowest BCUT2D eigenvalue weighted by Crippen LogP contribution is -2.14. The number of hydrogen-bond acceptors (Lipinski definition) is 6. The number of carbonyl (C=O) groups is 4. The zero-order chi connectivity index (χ0) is 28.6. The molecular weight excluding hydrogens is 512 g/mol. The van der Waals surface area contributed by atoms with Crippen molar-refractivity contribution in [2.24, 2.45) is 17.8 Å². The molecule has 0 aromatic heterocycles. The summed E-state index contributed by atoms with van der Waals surface area (Å²) in [6.45, 7) is 3.59. The van der Waals surface area contributed by atoms with E-state index in [-0.39, 0.29) is 41.6 Å². The first-order valence-electron chi connectivity index (χ1n) is 12.9. The van der Waals surface area contributed by atoms with Crippen LogP contribution in [0.15, 0.2) is 91.0 Å². The minimum absolute atomic E-state index is 0. The minimum atomic E-state index is -0.737. The quantitative estimate of drug-likeness (QED) is 0.322. The van der Waals surface area contributed by atoms with Crippen molar-refractivity contribution in [2.75, 3.05) is 7.11 Å². The van der Waals surface area contributed by atoms with Crippen molar-refractivity contribution in [3.63, 3.8) is 0 Å². The maximum absolute atomic E-state index is 11.1. The molecule has 8 heteroatoms. The second kappa shape index (κ2) is 18.1. The lowest BCUT2D eigenvalue weighted by molar-refractivity contribution is -0.153. The van der Waals surface area contributed by atoms with Gasteiger partial charge in [-0.1, -0.05) is 105 Å². The zero-order valence-corrected chi connectivity index (χ0v) is 23.1. The number of carbonyl (C=O) groups excluding carboxylic acids is 3. The van der Waals surface area contributed by atoms with Crippen LogP contribution < -0.4 is 0 Å². The fourth-order valence-corrected chi connectivity index (χ4v) is 3.88. The molecule has 3 aromatic carbocycles. The summed E-state index contributed by atoms with van der Waals surface area (Å²) >= 11 is 0. The van der Waals surface area contributed by atoms with Gasteiger partial charge in [0.1, 0.15) is 0 Å². The number of hydrogen-bond donors (Lipinski definition) is 1. The van der Waals surface area contributed by atoms with Crippen LogP contribution in [-0.2, 0) is 47.9 Å². The average molecular weight is 551 g/mol. The lowest BCUT2D eigenvalue weighted by atomic mass is 9.98. The number of rotatable bonds is 8. The molecule has 214 valence electrons. The SMILES string of the molecule is CC(Cc1ccccc1)C(=O)O.COC(=O)C(C)Cc1ccccc1.O.O=C1CC(Cc2ccccc2)C(=O)O1. The van der Waals surface area contributed by atoms with Gasteiger partial charge in [0.15, 0.2) is 0 Å². The molecule has 3 aromatic rings. The third kappa shape index (κ3) is 12.5. The summed E-state index contributed by atoms with van der Waals surface area (Å²) in [5, 5.41) is 8.64. The van der Waals surface area contributed by atoms with Gasteiger partial charge >= 0.3 is 23.9 Å². The number of ether oxygens (including phenoxy) is 2. The average Bonchev–Trinajstić information content (AvgIpc) is 3.26. The summed E-state index contributed by atoms with van der Waals surface area (Å²) in [4.78, 5) is 43.6. The van der Waals surface area contributed by atoms with Crippen LogP contribution in [0.25, 0.3) is 0 Å². The Morgan fingerprint density at radius 2 is 1.23 bits per heavy atom. The highest BCUT2D eigenvalue weighted by atomic mass is 16.6. The maximum atomic E-state index is 11.1. The van der Waals surface area contributed by atoms with Crippen LogP contribution in [0.4, 0.5) is 0 Å². The largest absolute Gasteiger partial charge is 0.481 e. The van der Waals surface area contributed by atoms with Crippen LogP contribution in [0, 0.1) is 17.8 Å². The van der Waals surface area contributed by atoms with Gasteiger partial charge in [-0.3, -0.25) is 19.2 Å². The van der Waals surface area contributed by atoms with Crippen LogP contribution in [0.3, 0.4) is 0 Å². The van der Waals surface area contributed by atoms with Gasteiger partial charge in [0.05, 0.1) is 31.3 Å². The minimum Gasteiger partial charge on any atom is -0.481 e. The molecule has 0 radical (unpaired) electrons. The van der Waals surface area contributed by atoms with Gasteiger partial charge in [-0.2, -0.15) is 0 Å². The van der Waals surface area contributed by atoms with E-state index in [2.05, 4.69) is 9.47 Å². The van der Waals surface area contributed by atoms with Crippen molar-refractivity contribution in [3.8, 4) is 0 Å². The molecule has 1 aliphatic heterocycles. The first kappa shape index (κ1) is 33.7. The molecule has 0 amide bonds. The van der Waals surface area contributed by atoms with Crippen LogP contribution in [0.5, 0.6) is 0 Å². The van der Waals surface area contributed by atoms with Gasteiger partial charge in [0.25, 0.3) is 0 Å². The summed E-state index contributed by atoms with van der Waals surface area (Å²) in [5.74, 6) is -2.33. The molecule has 1 heterocycles. The van der Waals surface area contributed by atoms with E-state index in [1.54, 1.807) is 6.92 Å². The highest BCUT2D eigenvalue weighted by Gasteiger charge is 2.33. The molecular formula is C32H38O8. The topological polar surface area (TPSA) is 138 Å². The molecule has 3 N–H and O–H groups in total. The Kier molecular flexibility index (Phi) is 15.2. The third-order valence-electron chi connectivity index (χ3n) is 6.08. The third-order valence-corrected chi connectivity index (χ3v) is 6.08. The highest BCUT2D eigenvalue weighted by molar-refractivity contribution is 5.94. The molecule has 3 unspecified atom stereocenters. The molecule has 0 spiro atoms. The van der Waals surface area contributed by atoms with Crippen molar-refractivity contribution in [3.05, 3.63) is 108 Å². The fraction of sp³-hybridized carbons (Fsp3) is 0.312. The van der Waals surface area contributed by atoms with Crippen LogP contribution in [-0.4, -0.2) is 41.6 Å². The van der Waals surface area contributed by atoms with Gasteiger partial charge < -0.3 is 20.1 Å². The highest BCUT2D eigenvalue weighted by Crippen LogP contribution is 2.20. The van der Waals surface area contributed by atoms with Crippen molar-refractivity contribution in [1.29, 1.82) is 0 Å². The Hall–Kier alpha value is -4.30. The van der Waals surface area contributed by atoms with E-state index >= 15 is 0 Å². The molecule has 1 saturated heterocycles. The molecule has 8 nitrogen and oxygen atoms in total. The molecule has 0 aliphatic carbocycles. The summed E-state index contributed by atoms with van der Waals surface area (Å²) in [6.07, 6.45) is 2.16. The van der Waals surface area contributed by atoms with Gasteiger partial charge in [-0.05, 0) is 36.0 Å².